The van der Waals surface area contributed by atoms with Crippen molar-refractivity contribution in [3.05, 3.63) is 13.6 Å². The maximum absolute atomic E-state index is 12.7. The van der Waals surface area contributed by atoms with Crippen molar-refractivity contribution in [3.63, 3.8) is 0 Å². The molecular formula is C11H16Br2N2O2S2. The van der Waals surface area contributed by atoms with Crippen LogP contribution in [0.4, 0.5) is 0 Å². The number of nitrogens with two attached hydrogens (primary N) is 1. The fourth-order valence-electron chi connectivity index (χ4n) is 2.39. The molecule has 0 saturated carbocycles. The third-order valence-corrected chi connectivity index (χ3v) is 8.12. The minimum atomic E-state index is -3.47. The van der Waals surface area contributed by atoms with Gasteiger partial charge >= 0.3 is 0 Å². The van der Waals surface area contributed by atoms with Crippen molar-refractivity contribution < 1.29 is 8.42 Å². The summed E-state index contributed by atoms with van der Waals surface area (Å²) in [5, 5.41) is 0. The Kier molecular flexibility index (Phi) is 5.12. The van der Waals surface area contributed by atoms with Crippen LogP contribution in [-0.4, -0.2) is 31.9 Å². The fraction of sp³-hybridized carbons (Fsp3) is 0.636. The molecule has 4 nitrogen and oxygen atoms in total. The number of hydrogen-bond donors (Lipinski definition) is 1. The second kappa shape index (κ2) is 6.11. The Morgan fingerprint density at radius 3 is 2.74 bits per heavy atom. The molecule has 2 rings (SSSR count). The van der Waals surface area contributed by atoms with Crippen LogP contribution in [0.5, 0.6) is 0 Å². The Labute approximate surface area is 134 Å². The number of nitrogens with zero attached hydrogens (tertiary/aromatic N) is 1. The van der Waals surface area contributed by atoms with Crippen molar-refractivity contribution in [1.29, 1.82) is 0 Å². The average Bonchev–Trinajstić information content (AvgIpc) is 2.68. The quantitative estimate of drug-likeness (QED) is 0.799. The molecule has 1 fully saturated rings. The predicted molar refractivity (Wildman–Crippen MR) is 84.9 cm³/mol. The van der Waals surface area contributed by atoms with Gasteiger partial charge in [-0.2, -0.15) is 4.31 Å². The molecule has 1 aromatic rings. The molecule has 2 unspecified atom stereocenters. The maximum Gasteiger partial charge on any atom is 0.245 e. The SMILES string of the molecule is CC1CCN(S(=O)(=O)c2cc(Br)sc2Br)C(CN)C1. The first-order valence-corrected chi connectivity index (χ1v) is 9.87. The van der Waals surface area contributed by atoms with E-state index < -0.39 is 10.0 Å². The lowest BCUT2D eigenvalue weighted by atomic mass is 9.94. The second-order valence-electron chi connectivity index (χ2n) is 4.82. The van der Waals surface area contributed by atoms with Crippen LogP contribution in [-0.2, 0) is 10.0 Å². The number of thiophene rings is 1. The van der Waals surface area contributed by atoms with Gasteiger partial charge in [-0.3, -0.25) is 0 Å². The summed E-state index contributed by atoms with van der Waals surface area (Å²) in [5.74, 6) is 0.526. The Bertz CT molecular complexity index is 559. The molecule has 1 saturated heterocycles. The molecule has 0 bridgehead atoms. The highest BCUT2D eigenvalue weighted by atomic mass is 79.9. The van der Waals surface area contributed by atoms with E-state index in [-0.39, 0.29) is 6.04 Å². The minimum absolute atomic E-state index is 0.0978. The zero-order chi connectivity index (χ0) is 14.2. The molecule has 0 amide bonds. The van der Waals surface area contributed by atoms with Crippen molar-refractivity contribution >= 4 is 53.2 Å². The molecule has 1 aromatic heterocycles. The molecule has 108 valence electrons. The van der Waals surface area contributed by atoms with E-state index in [1.165, 1.54) is 11.3 Å². The Morgan fingerprint density at radius 2 is 2.21 bits per heavy atom. The molecule has 2 N–H and O–H groups in total. The van der Waals surface area contributed by atoms with Crippen molar-refractivity contribution in [2.75, 3.05) is 13.1 Å². The average molecular weight is 432 g/mol. The van der Waals surface area contributed by atoms with Gasteiger partial charge in [0.1, 0.15) is 4.90 Å². The first-order chi connectivity index (χ1) is 8.86. The molecule has 0 aliphatic carbocycles. The summed E-state index contributed by atoms with van der Waals surface area (Å²) in [4.78, 5) is 0.331. The van der Waals surface area contributed by atoms with Gasteiger partial charge in [0.2, 0.25) is 10.0 Å². The summed E-state index contributed by atoms with van der Waals surface area (Å²) in [5.41, 5.74) is 5.75. The molecular weight excluding hydrogens is 416 g/mol. The van der Waals surface area contributed by atoms with Crippen molar-refractivity contribution in [2.45, 2.75) is 30.7 Å². The van der Waals surface area contributed by atoms with Crippen molar-refractivity contribution in [3.8, 4) is 0 Å². The van der Waals surface area contributed by atoms with Crippen LogP contribution in [0, 0.1) is 5.92 Å². The predicted octanol–water partition coefficient (Wildman–Crippen LogP) is 3.02. The Hall–Kier alpha value is 0.530. The standard InChI is InChI=1S/C11H16Br2N2O2S2/c1-7-2-3-15(8(4-7)6-14)19(16,17)9-5-10(12)18-11(9)13/h5,7-8H,2-4,6,14H2,1H3. The number of piperidine rings is 1. The molecule has 19 heavy (non-hydrogen) atoms. The first kappa shape index (κ1) is 15.9. The van der Waals surface area contributed by atoms with Gasteiger partial charge in [-0.1, -0.05) is 6.92 Å². The fourth-order valence-corrected chi connectivity index (χ4v) is 7.81. The van der Waals surface area contributed by atoms with Gasteiger partial charge in [0.15, 0.2) is 0 Å². The number of hydrogen-bond acceptors (Lipinski definition) is 4. The number of rotatable bonds is 3. The monoisotopic (exact) mass is 430 g/mol. The van der Waals surface area contributed by atoms with Crippen LogP contribution < -0.4 is 5.73 Å². The lowest BCUT2D eigenvalue weighted by molar-refractivity contribution is 0.211. The summed E-state index contributed by atoms with van der Waals surface area (Å²) in [6.45, 7) is 3.06. The van der Waals surface area contributed by atoms with E-state index in [1.54, 1.807) is 10.4 Å². The first-order valence-electron chi connectivity index (χ1n) is 6.03. The van der Waals surface area contributed by atoms with Crippen LogP contribution in [0.3, 0.4) is 0 Å². The van der Waals surface area contributed by atoms with E-state index in [2.05, 4.69) is 38.8 Å². The van der Waals surface area contributed by atoms with Gasteiger partial charge in [0.25, 0.3) is 0 Å². The third-order valence-electron chi connectivity index (χ3n) is 3.41. The molecule has 1 aliphatic rings. The Balaban J connectivity index is 2.36. The summed E-state index contributed by atoms with van der Waals surface area (Å²) in [6.07, 6.45) is 1.72. The highest BCUT2D eigenvalue weighted by Crippen LogP contribution is 2.38. The topological polar surface area (TPSA) is 63.4 Å². The zero-order valence-electron chi connectivity index (χ0n) is 10.5. The van der Waals surface area contributed by atoms with Crippen LogP contribution in [0.1, 0.15) is 19.8 Å². The van der Waals surface area contributed by atoms with Gasteiger partial charge in [-0.25, -0.2) is 8.42 Å². The molecule has 8 heteroatoms. The molecule has 0 radical (unpaired) electrons. The summed E-state index contributed by atoms with van der Waals surface area (Å²) in [6, 6.07) is 1.55. The number of halogens is 2. The lowest BCUT2D eigenvalue weighted by Crippen LogP contribution is -2.49. The van der Waals surface area contributed by atoms with E-state index in [0.717, 1.165) is 16.6 Å². The molecule has 2 heterocycles. The van der Waals surface area contributed by atoms with Gasteiger partial charge in [0, 0.05) is 19.1 Å². The normalized spacial score (nSPS) is 25.7. The second-order valence-corrected chi connectivity index (χ2v) is 10.4. The Morgan fingerprint density at radius 1 is 1.53 bits per heavy atom. The number of sulfonamides is 1. The van der Waals surface area contributed by atoms with E-state index in [4.69, 9.17) is 5.73 Å². The van der Waals surface area contributed by atoms with E-state index in [1.807, 2.05) is 0 Å². The summed E-state index contributed by atoms with van der Waals surface area (Å²) < 4.78 is 28.4. The molecule has 0 spiro atoms. The van der Waals surface area contributed by atoms with Crippen molar-refractivity contribution in [1.82, 2.24) is 4.31 Å². The van der Waals surface area contributed by atoms with Crippen LogP contribution >= 0.6 is 43.2 Å². The summed E-state index contributed by atoms with van der Waals surface area (Å²) >= 11 is 8.01. The minimum Gasteiger partial charge on any atom is -0.329 e. The lowest BCUT2D eigenvalue weighted by Gasteiger charge is -2.36. The maximum atomic E-state index is 12.7. The van der Waals surface area contributed by atoms with E-state index in [0.29, 0.717) is 27.7 Å². The van der Waals surface area contributed by atoms with Gasteiger partial charge in [-0.15, -0.1) is 11.3 Å². The molecule has 0 aromatic carbocycles. The largest absolute Gasteiger partial charge is 0.329 e. The highest BCUT2D eigenvalue weighted by Gasteiger charge is 2.36. The van der Waals surface area contributed by atoms with Gasteiger partial charge in [-0.05, 0) is 56.7 Å². The zero-order valence-corrected chi connectivity index (χ0v) is 15.3. The third kappa shape index (κ3) is 3.24. The highest BCUT2D eigenvalue weighted by molar-refractivity contribution is 9.12. The van der Waals surface area contributed by atoms with Crippen LogP contribution in [0.25, 0.3) is 0 Å². The van der Waals surface area contributed by atoms with E-state index in [9.17, 15) is 8.42 Å². The van der Waals surface area contributed by atoms with Gasteiger partial charge in [0.05, 0.1) is 7.57 Å². The summed E-state index contributed by atoms with van der Waals surface area (Å²) in [7, 11) is -3.47. The smallest absolute Gasteiger partial charge is 0.245 e. The molecule has 1 aliphatic heterocycles. The molecule has 2 atom stereocenters. The van der Waals surface area contributed by atoms with Crippen LogP contribution in [0.2, 0.25) is 0 Å². The van der Waals surface area contributed by atoms with E-state index >= 15 is 0 Å². The van der Waals surface area contributed by atoms with Crippen LogP contribution in [0.15, 0.2) is 18.5 Å². The van der Waals surface area contributed by atoms with Gasteiger partial charge < -0.3 is 5.73 Å². The van der Waals surface area contributed by atoms with Crippen molar-refractivity contribution in [2.24, 2.45) is 11.7 Å².